The van der Waals surface area contributed by atoms with E-state index in [4.69, 9.17) is 4.74 Å². The fraction of sp³-hybridized carbons (Fsp3) is 0.250. The number of hydrogen-bond acceptors (Lipinski definition) is 7. The van der Waals surface area contributed by atoms with E-state index < -0.39 is 11.2 Å². The molecule has 11 heteroatoms. The van der Waals surface area contributed by atoms with Crippen LogP contribution in [0.4, 0.5) is 5.95 Å². The number of aromatic amines is 1. The molecule has 0 saturated carbocycles. The second kappa shape index (κ2) is 7.76. The first kappa shape index (κ1) is 18.9. The molecule has 3 rings (SSSR count). The minimum atomic E-state index is -0.557. The lowest BCUT2D eigenvalue weighted by Crippen LogP contribution is -2.29. The zero-order chi connectivity index (χ0) is 19.6. The molecular formula is C16H17BrN6O4. The van der Waals surface area contributed by atoms with Crippen molar-refractivity contribution in [2.24, 2.45) is 12.1 Å². The molecule has 1 aromatic carbocycles. The monoisotopic (exact) mass is 436 g/mol. The van der Waals surface area contributed by atoms with Gasteiger partial charge in [0.2, 0.25) is 5.95 Å². The van der Waals surface area contributed by atoms with Crippen LogP contribution >= 0.6 is 15.9 Å². The number of imidazole rings is 1. The molecule has 0 unspecified atom stereocenters. The molecule has 2 heterocycles. The van der Waals surface area contributed by atoms with Gasteiger partial charge in [-0.2, -0.15) is 10.1 Å². The number of rotatable bonds is 6. The number of methoxy groups -OCH3 is 1. The third-order valence-corrected chi connectivity index (χ3v) is 4.38. The normalized spacial score (nSPS) is 11.5. The average molecular weight is 437 g/mol. The first-order chi connectivity index (χ1) is 12.9. The van der Waals surface area contributed by atoms with Gasteiger partial charge >= 0.3 is 5.69 Å². The molecule has 0 saturated heterocycles. The van der Waals surface area contributed by atoms with E-state index in [0.717, 1.165) is 4.47 Å². The predicted octanol–water partition coefficient (Wildman–Crippen LogP) is 0.984. The molecule has 0 aliphatic rings. The summed E-state index contributed by atoms with van der Waals surface area (Å²) in [7, 11) is 3.06. The first-order valence-electron chi connectivity index (χ1n) is 7.88. The number of aromatic nitrogens is 4. The van der Waals surface area contributed by atoms with Crippen LogP contribution in [-0.4, -0.2) is 44.1 Å². The van der Waals surface area contributed by atoms with Crippen molar-refractivity contribution in [3.8, 4) is 5.75 Å². The summed E-state index contributed by atoms with van der Waals surface area (Å²) in [5, 5.41) is 13.9. The maximum atomic E-state index is 12.3. The highest BCUT2D eigenvalue weighted by Gasteiger charge is 2.16. The van der Waals surface area contributed by atoms with Gasteiger partial charge in [0.25, 0.3) is 5.56 Å². The number of nitrogens with one attached hydrogen (secondary N) is 2. The Labute approximate surface area is 161 Å². The lowest BCUT2D eigenvalue weighted by atomic mass is 10.2. The Bertz CT molecular complexity index is 1130. The van der Waals surface area contributed by atoms with Crippen LogP contribution in [0.2, 0.25) is 0 Å². The number of phenols is 1. The molecular weight excluding hydrogens is 420 g/mol. The summed E-state index contributed by atoms with van der Waals surface area (Å²) < 4.78 is 8.69. The van der Waals surface area contributed by atoms with Crippen molar-refractivity contribution in [3.05, 3.63) is 49.1 Å². The second-order valence-electron chi connectivity index (χ2n) is 5.64. The van der Waals surface area contributed by atoms with Gasteiger partial charge in [-0.25, -0.2) is 10.2 Å². The molecule has 2 aromatic heterocycles. The number of aromatic hydroxyl groups is 1. The van der Waals surface area contributed by atoms with Crippen LogP contribution in [0.1, 0.15) is 5.56 Å². The summed E-state index contributed by atoms with van der Waals surface area (Å²) in [6, 6.07) is 4.94. The van der Waals surface area contributed by atoms with Gasteiger partial charge in [0.1, 0.15) is 5.75 Å². The third kappa shape index (κ3) is 3.78. The zero-order valence-electron chi connectivity index (χ0n) is 14.6. The molecule has 0 bridgehead atoms. The maximum absolute atomic E-state index is 12.3. The Kier molecular flexibility index (Phi) is 5.42. The zero-order valence-corrected chi connectivity index (χ0v) is 16.1. The molecule has 0 amide bonds. The Hall–Kier alpha value is -2.92. The number of benzene rings is 1. The van der Waals surface area contributed by atoms with Gasteiger partial charge in [-0.05, 0) is 18.2 Å². The number of fused-ring (bicyclic) bond motifs is 1. The van der Waals surface area contributed by atoms with Crippen LogP contribution in [-0.2, 0) is 18.3 Å². The number of anilines is 1. The Morgan fingerprint density at radius 1 is 1.44 bits per heavy atom. The largest absolute Gasteiger partial charge is 0.507 e. The Balaban J connectivity index is 2.02. The number of aryl methyl sites for hydroxylation is 1. The maximum Gasteiger partial charge on any atom is 0.329 e. The predicted molar refractivity (Wildman–Crippen MR) is 104 cm³/mol. The highest BCUT2D eigenvalue weighted by Crippen LogP contribution is 2.20. The number of nitrogens with zero attached hydrogens (tertiary/aromatic N) is 4. The van der Waals surface area contributed by atoms with Gasteiger partial charge in [-0.3, -0.25) is 14.3 Å². The fourth-order valence-corrected chi connectivity index (χ4v) is 2.89. The molecule has 0 fully saturated rings. The van der Waals surface area contributed by atoms with E-state index in [0.29, 0.717) is 18.7 Å². The molecule has 0 aliphatic carbocycles. The lowest BCUT2D eigenvalue weighted by Gasteiger charge is -2.07. The van der Waals surface area contributed by atoms with Crippen molar-refractivity contribution in [1.29, 1.82) is 0 Å². The van der Waals surface area contributed by atoms with Gasteiger partial charge in [-0.1, -0.05) is 15.9 Å². The first-order valence-corrected chi connectivity index (χ1v) is 8.67. The summed E-state index contributed by atoms with van der Waals surface area (Å²) in [6.45, 7) is 0.660. The summed E-state index contributed by atoms with van der Waals surface area (Å²) in [5.74, 6) is 0.329. The molecule has 0 aliphatic heterocycles. The highest BCUT2D eigenvalue weighted by atomic mass is 79.9. The van der Waals surface area contributed by atoms with E-state index in [9.17, 15) is 14.7 Å². The van der Waals surface area contributed by atoms with Gasteiger partial charge in [0.15, 0.2) is 11.2 Å². The van der Waals surface area contributed by atoms with Crippen molar-refractivity contribution in [3.63, 3.8) is 0 Å². The summed E-state index contributed by atoms with van der Waals surface area (Å²) >= 11 is 3.33. The summed E-state index contributed by atoms with van der Waals surface area (Å²) in [4.78, 5) is 30.6. The van der Waals surface area contributed by atoms with E-state index in [1.165, 1.54) is 23.9 Å². The smallest absolute Gasteiger partial charge is 0.329 e. The molecule has 142 valence electrons. The van der Waals surface area contributed by atoms with Gasteiger partial charge in [0.05, 0.1) is 12.8 Å². The van der Waals surface area contributed by atoms with Crippen molar-refractivity contribution >= 4 is 39.3 Å². The highest BCUT2D eigenvalue weighted by molar-refractivity contribution is 9.10. The molecule has 3 aromatic rings. The Morgan fingerprint density at radius 2 is 2.22 bits per heavy atom. The van der Waals surface area contributed by atoms with Crippen LogP contribution in [0.25, 0.3) is 11.2 Å². The van der Waals surface area contributed by atoms with E-state index >= 15 is 0 Å². The number of H-pyrrole nitrogens is 1. The molecule has 27 heavy (non-hydrogen) atoms. The number of hydrazone groups is 1. The summed E-state index contributed by atoms with van der Waals surface area (Å²) in [5.41, 5.74) is 2.60. The van der Waals surface area contributed by atoms with Gasteiger partial charge < -0.3 is 14.4 Å². The molecule has 0 atom stereocenters. The van der Waals surface area contributed by atoms with Crippen molar-refractivity contribution in [2.45, 2.75) is 6.54 Å². The summed E-state index contributed by atoms with van der Waals surface area (Å²) in [6.07, 6.45) is 1.42. The van der Waals surface area contributed by atoms with E-state index in [2.05, 4.69) is 36.4 Å². The number of halogens is 1. The molecule has 0 radical (unpaired) electrons. The minimum absolute atomic E-state index is 0.0653. The topological polar surface area (TPSA) is 127 Å². The van der Waals surface area contributed by atoms with Crippen LogP contribution in [0.15, 0.2) is 37.4 Å². The van der Waals surface area contributed by atoms with E-state index in [1.807, 2.05) is 0 Å². The van der Waals surface area contributed by atoms with Gasteiger partial charge in [-0.15, -0.1) is 0 Å². The Morgan fingerprint density at radius 3 is 2.96 bits per heavy atom. The number of phenolic OH excluding ortho intramolecular Hbond substituents is 1. The lowest BCUT2D eigenvalue weighted by molar-refractivity contribution is 0.188. The van der Waals surface area contributed by atoms with Crippen LogP contribution < -0.4 is 16.7 Å². The van der Waals surface area contributed by atoms with Crippen molar-refractivity contribution in [2.75, 3.05) is 19.1 Å². The molecule has 3 N–H and O–H groups in total. The number of hydrogen-bond donors (Lipinski definition) is 3. The fourth-order valence-electron chi connectivity index (χ4n) is 2.51. The SMILES string of the molecule is COCCn1c(N/N=C/c2cc(Br)ccc2O)nc2c1c(=O)[nH]c(=O)n2C. The van der Waals surface area contributed by atoms with Crippen LogP contribution in [0.3, 0.4) is 0 Å². The quantitative estimate of drug-likeness (QED) is 0.390. The van der Waals surface area contributed by atoms with Crippen molar-refractivity contribution < 1.29 is 9.84 Å². The van der Waals surface area contributed by atoms with Crippen LogP contribution in [0.5, 0.6) is 5.75 Å². The molecule has 0 spiro atoms. The second-order valence-corrected chi connectivity index (χ2v) is 6.56. The minimum Gasteiger partial charge on any atom is -0.507 e. The van der Waals surface area contributed by atoms with Crippen molar-refractivity contribution in [1.82, 2.24) is 19.1 Å². The van der Waals surface area contributed by atoms with Gasteiger partial charge in [0, 0.05) is 30.7 Å². The molecule has 10 nitrogen and oxygen atoms in total. The third-order valence-electron chi connectivity index (χ3n) is 3.88. The standard InChI is InChI=1S/C16H17BrN6O4/c1-22-13-12(14(25)20-16(22)26)23(5-6-27-2)15(19-13)21-18-8-9-7-10(17)3-4-11(9)24/h3-4,7-8,24H,5-6H2,1-2H3,(H,19,21)(H,20,25,26)/b18-8+. The van der Waals surface area contributed by atoms with E-state index in [1.54, 1.807) is 23.8 Å². The van der Waals surface area contributed by atoms with E-state index in [-0.39, 0.29) is 22.9 Å². The average Bonchev–Trinajstić information content (AvgIpc) is 3.00. The van der Waals surface area contributed by atoms with Crippen LogP contribution in [0, 0.1) is 0 Å². The number of ether oxygens (including phenoxy) is 1.